The lowest BCUT2D eigenvalue weighted by molar-refractivity contribution is 0.414. The summed E-state index contributed by atoms with van der Waals surface area (Å²) >= 11 is 8.08. The van der Waals surface area contributed by atoms with Crippen LogP contribution in [0.5, 0.6) is 5.75 Å². The van der Waals surface area contributed by atoms with Gasteiger partial charge in [0.25, 0.3) is 0 Å². The Hall–Kier alpha value is -2.31. The lowest BCUT2D eigenvalue weighted by atomic mass is 10.1. The summed E-state index contributed by atoms with van der Waals surface area (Å²) in [6.07, 6.45) is 0. The number of aromatic nitrogens is 3. The zero-order valence-corrected chi connectivity index (χ0v) is 16.6. The van der Waals surface area contributed by atoms with Gasteiger partial charge in [0, 0.05) is 19.0 Å². The summed E-state index contributed by atoms with van der Waals surface area (Å²) in [6.45, 7) is 4.68. The molecule has 4 aromatic rings. The van der Waals surface area contributed by atoms with Gasteiger partial charge in [0.15, 0.2) is 5.82 Å². The van der Waals surface area contributed by atoms with E-state index in [4.69, 9.17) is 16.3 Å². The number of fused-ring (bicyclic) bond motifs is 3. The maximum absolute atomic E-state index is 6.43. The van der Waals surface area contributed by atoms with E-state index in [9.17, 15) is 0 Å². The highest BCUT2D eigenvalue weighted by Crippen LogP contribution is 2.40. The fourth-order valence-electron chi connectivity index (χ4n) is 3.17. The van der Waals surface area contributed by atoms with Gasteiger partial charge in [0.1, 0.15) is 10.6 Å². The van der Waals surface area contributed by atoms with Crippen LogP contribution >= 0.6 is 22.9 Å². The molecule has 0 unspecified atom stereocenters. The van der Waals surface area contributed by atoms with Crippen molar-refractivity contribution in [3.8, 4) is 5.75 Å². The van der Waals surface area contributed by atoms with Gasteiger partial charge in [-0.1, -0.05) is 23.7 Å². The molecule has 0 saturated heterocycles. The van der Waals surface area contributed by atoms with Gasteiger partial charge in [0.05, 0.1) is 28.0 Å². The number of nitrogens with one attached hydrogen (secondary N) is 1. The van der Waals surface area contributed by atoms with Crippen LogP contribution in [0, 0.1) is 13.8 Å². The Kier molecular flexibility index (Phi) is 4.25. The number of benzene rings is 1. The number of anilines is 1. The van der Waals surface area contributed by atoms with Gasteiger partial charge < -0.3 is 10.1 Å². The van der Waals surface area contributed by atoms with Crippen LogP contribution in [0.1, 0.15) is 16.8 Å². The zero-order chi connectivity index (χ0) is 18.4. The molecule has 7 heteroatoms. The van der Waals surface area contributed by atoms with Crippen LogP contribution in [0.15, 0.2) is 24.3 Å². The number of rotatable bonds is 4. The van der Waals surface area contributed by atoms with E-state index < -0.39 is 0 Å². The van der Waals surface area contributed by atoms with E-state index in [0.29, 0.717) is 6.54 Å². The van der Waals surface area contributed by atoms with Crippen LogP contribution in [0.25, 0.3) is 20.4 Å². The quantitative estimate of drug-likeness (QED) is 0.531. The molecule has 0 aliphatic carbocycles. The summed E-state index contributed by atoms with van der Waals surface area (Å²) in [7, 11) is 3.63. The van der Waals surface area contributed by atoms with Crippen molar-refractivity contribution in [3.63, 3.8) is 0 Å². The van der Waals surface area contributed by atoms with Crippen LogP contribution < -0.4 is 10.1 Å². The number of ether oxygens (including phenoxy) is 1. The van der Waals surface area contributed by atoms with Gasteiger partial charge >= 0.3 is 0 Å². The van der Waals surface area contributed by atoms with E-state index in [1.165, 1.54) is 5.56 Å². The maximum Gasteiger partial charge on any atom is 0.166 e. The molecule has 0 bridgehead atoms. The van der Waals surface area contributed by atoms with E-state index in [-0.39, 0.29) is 0 Å². The second kappa shape index (κ2) is 6.45. The summed E-state index contributed by atoms with van der Waals surface area (Å²) in [5.41, 5.74) is 4.17. The second-order valence-electron chi connectivity index (χ2n) is 6.27. The molecule has 0 aliphatic rings. The Bertz CT molecular complexity index is 1110. The summed E-state index contributed by atoms with van der Waals surface area (Å²) in [5, 5.41) is 9.93. The van der Waals surface area contributed by atoms with Gasteiger partial charge in [-0.3, -0.25) is 4.68 Å². The molecule has 134 valence electrons. The molecule has 0 saturated carbocycles. The molecular formula is C19H19ClN4OS. The van der Waals surface area contributed by atoms with Crippen molar-refractivity contribution in [2.75, 3.05) is 12.4 Å². The molecule has 3 aromatic heterocycles. The Morgan fingerprint density at radius 3 is 2.65 bits per heavy atom. The van der Waals surface area contributed by atoms with E-state index in [1.807, 2.05) is 49.8 Å². The zero-order valence-electron chi connectivity index (χ0n) is 15.1. The Balaban J connectivity index is 1.74. The summed E-state index contributed by atoms with van der Waals surface area (Å²) in [5.74, 6) is 1.72. The average Bonchev–Trinajstić information content (AvgIpc) is 3.16. The minimum absolute atomic E-state index is 0.691. The van der Waals surface area contributed by atoms with Crippen LogP contribution in [0.2, 0.25) is 5.02 Å². The Morgan fingerprint density at radius 2 is 1.96 bits per heavy atom. The van der Waals surface area contributed by atoms with Crippen LogP contribution in [-0.2, 0) is 13.6 Å². The molecule has 1 N–H and O–H groups in total. The molecule has 5 nitrogen and oxygen atoms in total. The topological polar surface area (TPSA) is 52.0 Å². The number of thiophene rings is 1. The highest BCUT2D eigenvalue weighted by atomic mass is 35.5. The lowest BCUT2D eigenvalue weighted by Crippen LogP contribution is -2.01. The van der Waals surface area contributed by atoms with Gasteiger partial charge in [-0.15, -0.1) is 11.3 Å². The number of methoxy groups -OCH3 is 1. The van der Waals surface area contributed by atoms with Gasteiger partial charge in [-0.2, -0.15) is 5.10 Å². The third kappa shape index (κ3) is 2.70. The molecule has 4 rings (SSSR count). The number of aryl methyl sites for hydroxylation is 3. The molecular weight excluding hydrogens is 368 g/mol. The van der Waals surface area contributed by atoms with Gasteiger partial charge in [-0.05, 0) is 37.1 Å². The molecule has 0 radical (unpaired) electrons. The molecule has 3 heterocycles. The minimum Gasteiger partial charge on any atom is -0.497 e. The first-order valence-corrected chi connectivity index (χ1v) is 9.47. The van der Waals surface area contributed by atoms with E-state index in [0.717, 1.165) is 48.3 Å². The maximum atomic E-state index is 6.43. The fraction of sp³-hybridized carbons (Fsp3) is 0.263. The molecule has 0 amide bonds. The predicted octanol–water partition coefficient (Wildman–Crippen LogP) is 5.07. The van der Waals surface area contributed by atoms with E-state index in [1.54, 1.807) is 18.4 Å². The molecule has 0 atom stereocenters. The largest absolute Gasteiger partial charge is 0.497 e. The Morgan fingerprint density at radius 1 is 1.23 bits per heavy atom. The number of hydrogen-bond donors (Lipinski definition) is 1. The number of halogens is 1. The summed E-state index contributed by atoms with van der Waals surface area (Å²) < 4.78 is 8.22. The number of hydrogen-bond acceptors (Lipinski definition) is 5. The van der Waals surface area contributed by atoms with Crippen molar-refractivity contribution < 1.29 is 4.74 Å². The smallest absolute Gasteiger partial charge is 0.166 e. The minimum atomic E-state index is 0.691. The van der Waals surface area contributed by atoms with Crippen molar-refractivity contribution >= 4 is 49.2 Å². The average molecular weight is 387 g/mol. The van der Waals surface area contributed by atoms with Crippen molar-refractivity contribution in [2.45, 2.75) is 20.4 Å². The summed E-state index contributed by atoms with van der Waals surface area (Å²) in [6, 6.07) is 8.02. The van der Waals surface area contributed by atoms with Gasteiger partial charge in [-0.25, -0.2) is 4.98 Å². The first-order chi connectivity index (χ1) is 12.5. The standard InChI is InChI=1S/C19H19ClN4OS/c1-10-14-16-17(26-19(14)22-11(2)15(10)20)18(23-24(16)3)21-9-12-5-7-13(25-4)8-6-12/h5-8H,9H2,1-4H3,(H,21,23). The highest BCUT2D eigenvalue weighted by Gasteiger charge is 2.19. The molecule has 0 fully saturated rings. The lowest BCUT2D eigenvalue weighted by Gasteiger charge is -2.05. The normalized spacial score (nSPS) is 11.4. The fourth-order valence-corrected chi connectivity index (χ4v) is 4.57. The SMILES string of the molecule is COc1ccc(CNc2nn(C)c3c2sc2nc(C)c(Cl)c(C)c23)cc1. The first-order valence-electron chi connectivity index (χ1n) is 8.28. The summed E-state index contributed by atoms with van der Waals surface area (Å²) in [4.78, 5) is 5.67. The van der Waals surface area contributed by atoms with Crippen molar-refractivity contribution in [2.24, 2.45) is 7.05 Å². The molecule has 0 aliphatic heterocycles. The predicted molar refractivity (Wildman–Crippen MR) is 109 cm³/mol. The van der Waals surface area contributed by atoms with Crippen LogP contribution in [0.3, 0.4) is 0 Å². The van der Waals surface area contributed by atoms with E-state index in [2.05, 4.69) is 15.4 Å². The molecule has 0 spiro atoms. The number of nitrogens with zero attached hydrogens (tertiary/aromatic N) is 3. The van der Waals surface area contributed by atoms with Crippen molar-refractivity contribution in [1.29, 1.82) is 0 Å². The van der Waals surface area contributed by atoms with Crippen LogP contribution in [-0.4, -0.2) is 21.9 Å². The third-order valence-electron chi connectivity index (χ3n) is 4.56. The molecule has 26 heavy (non-hydrogen) atoms. The first kappa shape index (κ1) is 17.1. The monoisotopic (exact) mass is 386 g/mol. The second-order valence-corrected chi connectivity index (χ2v) is 7.65. The van der Waals surface area contributed by atoms with Gasteiger partial charge in [0.2, 0.25) is 0 Å². The third-order valence-corrected chi connectivity index (χ3v) is 6.20. The van der Waals surface area contributed by atoms with E-state index >= 15 is 0 Å². The molecule has 1 aromatic carbocycles. The Labute approximate surface area is 160 Å². The number of pyridine rings is 1. The van der Waals surface area contributed by atoms with Crippen molar-refractivity contribution in [3.05, 3.63) is 46.1 Å². The van der Waals surface area contributed by atoms with Crippen LogP contribution in [0.4, 0.5) is 5.82 Å². The highest BCUT2D eigenvalue weighted by molar-refractivity contribution is 7.26. The van der Waals surface area contributed by atoms with Crippen molar-refractivity contribution in [1.82, 2.24) is 14.8 Å².